The normalized spacial score (nSPS) is 15.9. The highest BCUT2D eigenvalue weighted by Gasteiger charge is 2.42. The Balaban J connectivity index is 1.37. The summed E-state index contributed by atoms with van der Waals surface area (Å²) in [5.41, 5.74) is 3.67. The number of nitrogens with one attached hydrogen (secondary N) is 2. The van der Waals surface area contributed by atoms with Crippen LogP contribution in [0.1, 0.15) is 17.9 Å². The van der Waals surface area contributed by atoms with Crippen LogP contribution < -0.4 is 19.8 Å². The zero-order valence-electron chi connectivity index (χ0n) is 28.8. The molecule has 51 heavy (non-hydrogen) atoms. The summed E-state index contributed by atoms with van der Waals surface area (Å²) < 4.78 is 42.5. The molecule has 0 aliphatic carbocycles. The minimum Gasteiger partial charge on any atom is -0.467 e. The van der Waals surface area contributed by atoms with Gasteiger partial charge in [0.15, 0.2) is 0 Å². The molecule has 266 valence electrons. The molecule has 0 spiro atoms. The highest BCUT2D eigenvalue weighted by molar-refractivity contribution is 14.1. The molecule has 1 aliphatic rings. The lowest BCUT2D eigenvalue weighted by Crippen LogP contribution is -2.40. The van der Waals surface area contributed by atoms with Crippen LogP contribution in [0.25, 0.3) is 21.9 Å². The number of aromatic nitrogens is 2. The van der Waals surface area contributed by atoms with E-state index >= 15 is 0 Å². The van der Waals surface area contributed by atoms with Crippen LogP contribution in [0.2, 0.25) is 0 Å². The van der Waals surface area contributed by atoms with Crippen molar-refractivity contribution < 1.29 is 22.7 Å². The van der Waals surface area contributed by atoms with Crippen molar-refractivity contribution in [2.45, 2.75) is 23.3 Å². The van der Waals surface area contributed by atoms with E-state index in [0.717, 1.165) is 21.1 Å². The van der Waals surface area contributed by atoms with E-state index in [1.54, 1.807) is 36.5 Å². The monoisotopic (exact) mass is 820 g/mol. The second-order valence-corrected chi connectivity index (χ2v) is 15.1. The summed E-state index contributed by atoms with van der Waals surface area (Å²) in [5.74, 6) is 0.455. The molecule has 11 nitrogen and oxygen atoms in total. The number of ether oxygens (including phenoxy) is 2. The molecule has 2 unspecified atom stereocenters. The fourth-order valence-electron chi connectivity index (χ4n) is 6.61. The Kier molecular flexibility index (Phi) is 11.6. The quantitative estimate of drug-likeness (QED) is 0.0551. The average molecular weight is 821 g/mol. The minimum atomic E-state index is -3.99. The van der Waals surface area contributed by atoms with Crippen molar-refractivity contribution in [1.82, 2.24) is 9.97 Å². The number of halogens is 1. The molecular formula is C38H41IN6O5S. The Morgan fingerprint density at radius 2 is 1.75 bits per heavy atom. The smallest absolute Gasteiger partial charge is 0.329 e. The highest BCUT2D eigenvalue weighted by Crippen LogP contribution is 2.41. The third-order valence-corrected chi connectivity index (χ3v) is 10.8. The fourth-order valence-corrected chi connectivity index (χ4v) is 8.20. The van der Waals surface area contributed by atoms with Crippen LogP contribution in [0.5, 0.6) is 0 Å². The van der Waals surface area contributed by atoms with Crippen LogP contribution in [-0.4, -0.2) is 82.3 Å². The third kappa shape index (κ3) is 8.05. The summed E-state index contributed by atoms with van der Waals surface area (Å²) in [4.78, 5) is 27.2. The molecular weight excluding hydrogens is 779 g/mol. The maximum atomic E-state index is 13.9. The summed E-state index contributed by atoms with van der Waals surface area (Å²) in [5, 5.41) is 4.71. The van der Waals surface area contributed by atoms with Gasteiger partial charge in [-0.2, -0.15) is 4.98 Å². The van der Waals surface area contributed by atoms with Crippen LogP contribution in [0, 0.1) is 0 Å². The van der Waals surface area contributed by atoms with Gasteiger partial charge in [0.25, 0.3) is 10.0 Å². The predicted octanol–water partition coefficient (Wildman–Crippen LogP) is 6.56. The summed E-state index contributed by atoms with van der Waals surface area (Å²) in [6.45, 7) is 2.19. The molecule has 2 atom stereocenters. The Labute approximate surface area is 312 Å². The number of fused-ring (bicyclic) bond motifs is 1. The van der Waals surface area contributed by atoms with E-state index in [1.165, 1.54) is 7.11 Å². The fraction of sp³-hybridized carbons (Fsp3) is 0.289. The van der Waals surface area contributed by atoms with Gasteiger partial charge in [0.1, 0.15) is 11.9 Å². The first-order valence-electron chi connectivity index (χ1n) is 16.7. The van der Waals surface area contributed by atoms with Gasteiger partial charge in [0, 0.05) is 71.4 Å². The Morgan fingerprint density at radius 3 is 2.51 bits per heavy atom. The van der Waals surface area contributed by atoms with Crippen molar-refractivity contribution >= 4 is 72.5 Å². The minimum absolute atomic E-state index is 0.119. The maximum Gasteiger partial charge on any atom is 0.329 e. The number of anilines is 4. The van der Waals surface area contributed by atoms with Gasteiger partial charge in [-0.3, -0.25) is 4.72 Å². The van der Waals surface area contributed by atoms with Crippen molar-refractivity contribution in [1.29, 1.82) is 0 Å². The Hall–Kier alpha value is -4.47. The van der Waals surface area contributed by atoms with Crippen molar-refractivity contribution in [2.24, 2.45) is 0 Å². The largest absolute Gasteiger partial charge is 0.467 e. The molecule has 1 fully saturated rings. The van der Waals surface area contributed by atoms with E-state index in [2.05, 4.69) is 37.6 Å². The van der Waals surface area contributed by atoms with Crippen LogP contribution in [0.4, 0.5) is 23.1 Å². The molecule has 13 heteroatoms. The molecule has 0 amide bonds. The van der Waals surface area contributed by atoms with Gasteiger partial charge in [-0.25, -0.2) is 18.2 Å². The van der Waals surface area contributed by atoms with Gasteiger partial charge in [0.05, 0.1) is 25.2 Å². The predicted molar refractivity (Wildman–Crippen MR) is 212 cm³/mol. The van der Waals surface area contributed by atoms with E-state index < -0.39 is 16.1 Å². The Bertz CT molecular complexity index is 2100. The van der Waals surface area contributed by atoms with E-state index in [9.17, 15) is 13.2 Å². The van der Waals surface area contributed by atoms with Gasteiger partial charge in [-0.15, -0.1) is 0 Å². The number of hydrogen-bond acceptors (Lipinski definition) is 10. The van der Waals surface area contributed by atoms with Crippen molar-refractivity contribution in [2.75, 3.05) is 71.8 Å². The number of esters is 1. The molecule has 0 saturated carbocycles. The van der Waals surface area contributed by atoms with Crippen molar-refractivity contribution in [3.8, 4) is 11.1 Å². The molecule has 6 rings (SSSR count). The number of hydrogen-bond donors (Lipinski definition) is 2. The molecule has 1 aromatic heterocycles. The number of methoxy groups -OCH3 is 1. The first kappa shape index (κ1) is 36.3. The molecule has 2 heterocycles. The van der Waals surface area contributed by atoms with E-state index in [-0.39, 0.29) is 16.8 Å². The number of rotatable bonds is 14. The Morgan fingerprint density at radius 1 is 0.980 bits per heavy atom. The lowest BCUT2D eigenvalue weighted by molar-refractivity contribution is -0.142. The number of carbonyl (C=O) groups excluding carboxylic acids is 1. The SMILES string of the molecule is COC(=O)C1C(c2ccccc2)CCN1c1nc(NCCOCCI)ncc1-c1cccc(NS(=O)(=O)c2cccc3c(N(C)C)cccc23)c1. The second kappa shape index (κ2) is 16.3. The average Bonchev–Trinajstić information content (AvgIpc) is 3.59. The first-order chi connectivity index (χ1) is 24.7. The summed E-state index contributed by atoms with van der Waals surface area (Å²) >= 11 is 2.27. The molecule has 0 bridgehead atoms. The summed E-state index contributed by atoms with van der Waals surface area (Å²) in [7, 11) is 1.27. The van der Waals surface area contributed by atoms with Gasteiger partial charge < -0.3 is 24.6 Å². The third-order valence-electron chi connectivity index (χ3n) is 8.92. The molecule has 2 N–H and O–H groups in total. The number of benzene rings is 4. The molecule has 4 aromatic carbocycles. The summed E-state index contributed by atoms with van der Waals surface area (Å²) in [6, 6.07) is 27.4. The topological polar surface area (TPSA) is 126 Å². The van der Waals surface area contributed by atoms with Crippen LogP contribution >= 0.6 is 22.6 Å². The lowest BCUT2D eigenvalue weighted by Gasteiger charge is -2.29. The van der Waals surface area contributed by atoms with Crippen molar-refractivity contribution in [3.63, 3.8) is 0 Å². The second-order valence-electron chi connectivity index (χ2n) is 12.3. The van der Waals surface area contributed by atoms with Crippen LogP contribution in [-0.2, 0) is 24.3 Å². The zero-order valence-corrected chi connectivity index (χ0v) is 31.7. The van der Waals surface area contributed by atoms with Crippen LogP contribution in [0.15, 0.2) is 102 Å². The molecule has 0 radical (unpaired) electrons. The van der Waals surface area contributed by atoms with Gasteiger partial charge in [0.2, 0.25) is 5.95 Å². The first-order valence-corrected chi connectivity index (χ1v) is 19.7. The standard InChI is InChI=1S/C38H41IN6O5S/c1-44(2)33-16-8-15-31-30(33)14-9-17-34(31)51(47,48)43-28-13-7-12-27(24-28)32-25-41-38(40-20-23-50-22-19-39)42-36(32)45-21-18-29(35(45)37(46)49-3)26-10-5-4-6-11-26/h4-17,24-25,29,35,43H,18-23H2,1-3H3,(H,40,41,42). The number of nitrogens with zero attached hydrogens (tertiary/aromatic N) is 4. The van der Waals surface area contributed by atoms with Crippen molar-refractivity contribution in [3.05, 3.63) is 103 Å². The van der Waals surface area contributed by atoms with Gasteiger partial charge in [-0.05, 0) is 41.8 Å². The highest BCUT2D eigenvalue weighted by atomic mass is 127. The van der Waals surface area contributed by atoms with Gasteiger partial charge in [-0.1, -0.05) is 89.3 Å². The molecule has 1 aliphatic heterocycles. The van der Waals surface area contributed by atoms with Gasteiger partial charge >= 0.3 is 5.97 Å². The van der Waals surface area contributed by atoms with E-state index in [1.807, 2.05) is 84.6 Å². The zero-order chi connectivity index (χ0) is 36.0. The summed E-state index contributed by atoms with van der Waals surface area (Å²) in [6.07, 6.45) is 2.42. The molecule has 5 aromatic rings. The number of alkyl halides is 1. The maximum absolute atomic E-state index is 13.9. The van der Waals surface area contributed by atoms with E-state index in [0.29, 0.717) is 66.7 Å². The molecule has 1 saturated heterocycles. The number of carbonyl (C=O) groups is 1. The number of sulfonamides is 1. The van der Waals surface area contributed by atoms with E-state index in [4.69, 9.17) is 14.5 Å². The lowest BCUT2D eigenvalue weighted by atomic mass is 9.91. The van der Waals surface area contributed by atoms with Crippen LogP contribution in [0.3, 0.4) is 0 Å².